The van der Waals surface area contributed by atoms with Gasteiger partial charge in [0.25, 0.3) is 5.91 Å². The molecule has 3 atom stereocenters. The summed E-state index contributed by atoms with van der Waals surface area (Å²) >= 11 is 18.7. The molecular weight excluding hydrogens is 721 g/mol. The van der Waals surface area contributed by atoms with E-state index in [1.807, 2.05) is 0 Å². The molecule has 0 aromatic heterocycles. The maximum atomic E-state index is 15.5. The highest BCUT2D eigenvalue weighted by Gasteiger charge is 2.67. The van der Waals surface area contributed by atoms with E-state index >= 15 is 4.39 Å². The second-order valence-electron chi connectivity index (χ2n) is 11.2. The Morgan fingerprint density at radius 1 is 0.980 bits per heavy atom. The van der Waals surface area contributed by atoms with Crippen molar-refractivity contribution in [2.45, 2.75) is 56.1 Å². The fourth-order valence-electron chi connectivity index (χ4n) is 5.20. The summed E-state index contributed by atoms with van der Waals surface area (Å²) in [4.78, 5) is 38.8. The van der Waals surface area contributed by atoms with E-state index in [4.69, 9.17) is 39.5 Å². The summed E-state index contributed by atoms with van der Waals surface area (Å²) < 4.78 is 87.3. The van der Waals surface area contributed by atoms with Gasteiger partial charge in [-0.1, -0.05) is 30.2 Å². The number of hydrogen-bond donors (Lipinski definition) is 2. The molecule has 3 aromatic carbocycles. The maximum Gasteiger partial charge on any atom is 0.419 e. The number of hydrogen-bond acceptors (Lipinski definition) is 4. The highest BCUT2D eigenvalue weighted by atomic mass is 35.5. The lowest BCUT2D eigenvalue weighted by atomic mass is 10.0. The zero-order valence-electron chi connectivity index (χ0n) is 26.1. The van der Waals surface area contributed by atoms with Crippen molar-refractivity contribution >= 4 is 69.9 Å². The van der Waals surface area contributed by atoms with Crippen LogP contribution in [0.25, 0.3) is 6.08 Å². The molecule has 1 aliphatic rings. The van der Waals surface area contributed by atoms with Gasteiger partial charge in [-0.3, -0.25) is 14.4 Å². The van der Waals surface area contributed by atoms with E-state index in [2.05, 4.69) is 10.6 Å². The lowest BCUT2D eigenvalue weighted by Gasteiger charge is -2.14. The highest BCUT2D eigenvalue weighted by molar-refractivity contribution is 6.53. The van der Waals surface area contributed by atoms with Gasteiger partial charge in [-0.15, -0.1) is 23.2 Å². The van der Waals surface area contributed by atoms with Crippen molar-refractivity contribution in [3.63, 3.8) is 0 Å². The number of carbonyl (C=O) groups excluding carboxylic acids is 3. The van der Waals surface area contributed by atoms with Gasteiger partial charge in [0, 0.05) is 30.2 Å². The predicted octanol–water partition coefficient (Wildman–Crippen LogP) is 9.73. The molecule has 49 heavy (non-hydrogen) atoms. The quantitative estimate of drug-likeness (QED) is 0.143. The van der Waals surface area contributed by atoms with E-state index < -0.39 is 74.5 Å². The minimum absolute atomic E-state index is 0.00570. The lowest BCUT2D eigenvalue weighted by molar-refractivity contribution is -0.140. The molecule has 15 heteroatoms. The molecule has 2 amide bonds. The summed E-state index contributed by atoms with van der Waals surface area (Å²) in [6.07, 6.45) is -4.29. The number of ether oxygens (including phenoxy) is 1. The first-order chi connectivity index (χ1) is 22.9. The van der Waals surface area contributed by atoms with Crippen molar-refractivity contribution in [3.05, 3.63) is 98.8 Å². The largest absolute Gasteiger partial charge is 0.419 e. The molecular formula is C34H29Cl3F6N2O4. The monoisotopic (exact) mass is 748 g/mol. The molecule has 1 fully saturated rings. The van der Waals surface area contributed by atoms with Gasteiger partial charge in [0.15, 0.2) is 11.6 Å². The molecule has 0 bridgehead atoms. The third kappa shape index (κ3) is 8.60. The molecule has 3 aromatic rings. The first-order valence-corrected chi connectivity index (χ1v) is 16.0. The molecule has 1 saturated carbocycles. The number of alkyl halides is 5. The topological polar surface area (TPSA) is 84.5 Å². The number of Topliss-reactive ketones (excluding diaryl/α,β-unsaturated/α-hetero) is 1. The Morgan fingerprint density at radius 2 is 1.65 bits per heavy atom. The van der Waals surface area contributed by atoms with Crippen LogP contribution in [-0.4, -0.2) is 34.6 Å². The van der Waals surface area contributed by atoms with Crippen LogP contribution < -0.4 is 10.6 Å². The average Bonchev–Trinajstić information content (AvgIpc) is 3.61. The van der Waals surface area contributed by atoms with E-state index in [1.165, 1.54) is 18.2 Å². The number of halogens is 9. The minimum atomic E-state index is -5.00. The second kappa shape index (κ2) is 15.1. The van der Waals surface area contributed by atoms with Crippen LogP contribution in [0.15, 0.2) is 54.1 Å². The van der Waals surface area contributed by atoms with Crippen molar-refractivity contribution in [1.82, 2.24) is 0 Å². The summed E-state index contributed by atoms with van der Waals surface area (Å²) in [5, 5.41) is 4.70. The molecule has 2 N–H and O–H groups in total. The molecule has 0 aliphatic heterocycles. The van der Waals surface area contributed by atoms with Crippen molar-refractivity contribution < 1.29 is 45.5 Å². The van der Waals surface area contributed by atoms with Crippen molar-refractivity contribution in [2.24, 2.45) is 5.92 Å². The van der Waals surface area contributed by atoms with Gasteiger partial charge in [0.1, 0.15) is 22.1 Å². The number of carbonyl (C=O) groups is 3. The second-order valence-corrected chi connectivity index (χ2v) is 13.1. The number of benzene rings is 3. The Morgan fingerprint density at radius 3 is 2.29 bits per heavy atom. The van der Waals surface area contributed by atoms with Gasteiger partial charge in [-0.2, -0.15) is 13.2 Å². The minimum Gasteiger partial charge on any atom is -0.371 e. The first kappa shape index (κ1) is 38.2. The fourth-order valence-corrected chi connectivity index (χ4v) is 6.23. The number of anilines is 2. The van der Waals surface area contributed by atoms with E-state index in [1.54, 1.807) is 20.8 Å². The Balaban J connectivity index is 1.52. The third-order valence-electron chi connectivity index (χ3n) is 7.92. The molecule has 262 valence electrons. The molecule has 0 spiro atoms. The molecule has 1 unspecified atom stereocenters. The maximum absolute atomic E-state index is 15.5. The number of rotatable bonds is 12. The molecule has 0 radical (unpaired) electrons. The molecule has 0 saturated heterocycles. The Bertz CT molecular complexity index is 1820. The van der Waals surface area contributed by atoms with Gasteiger partial charge in [-0.05, 0) is 74.4 Å². The van der Waals surface area contributed by atoms with Gasteiger partial charge in [-0.25, -0.2) is 13.2 Å². The van der Waals surface area contributed by atoms with Crippen LogP contribution in [-0.2, 0) is 20.5 Å². The number of ketones is 1. The summed E-state index contributed by atoms with van der Waals surface area (Å²) in [5.41, 5.74) is -2.32. The van der Waals surface area contributed by atoms with Crippen LogP contribution in [0.4, 0.5) is 37.7 Å². The van der Waals surface area contributed by atoms with Crippen LogP contribution >= 0.6 is 34.8 Å². The van der Waals surface area contributed by atoms with E-state index in [0.29, 0.717) is 30.7 Å². The van der Waals surface area contributed by atoms with Crippen LogP contribution in [0.1, 0.15) is 66.6 Å². The molecule has 6 nitrogen and oxygen atoms in total. The summed E-state index contributed by atoms with van der Waals surface area (Å²) in [6, 6.07) is 7.86. The van der Waals surface area contributed by atoms with E-state index in [9.17, 15) is 36.3 Å². The normalized spacial score (nSPS) is 17.8. The molecule has 4 rings (SSSR count). The van der Waals surface area contributed by atoms with Gasteiger partial charge < -0.3 is 15.4 Å². The summed E-state index contributed by atoms with van der Waals surface area (Å²) in [6.45, 7) is 5.35. The standard InChI is InChI=1S/C34H29Cl3F6N2O4/c1-4-17(13-27(46)16(3)49-5-2)12-21-24(38)10-11-26(30(21)40)45-31(47)20-15-19(7-8-23(20)35)44-32(48)29-28(33(29,36)37)18-6-9-25(39)22(14-18)34(41,42)43/h6-12,14-16,28-29H,4-5,13H2,1-3H3,(H,44,48)(H,45,47)/b17-12+/t16?,28-,29+/m0/s1. The highest BCUT2D eigenvalue weighted by Crippen LogP contribution is 2.65. The SMILES string of the molecule is CCOC(C)C(=O)C/C(=C/c1c(F)ccc(NC(=O)c2cc(NC(=O)[C@H]3[C@H](c4ccc(F)c(C(F)(F)F)c4)C3(Cl)Cl)ccc2Cl)c1F)CC. The summed E-state index contributed by atoms with van der Waals surface area (Å²) in [7, 11) is 0. The smallest absolute Gasteiger partial charge is 0.371 e. The van der Waals surface area contributed by atoms with E-state index in [0.717, 1.165) is 24.3 Å². The first-order valence-electron chi connectivity index (χ1n) is 14.9. The number of amides is 2. The van der Waals surface area contributed by atoms with Crippen molar-refractivity contribution in [1.29, 1.82) is 0 Å². The third-order valence-corrected chi connectivity index (χ3v) is 9.19. The van der Waals surface area contributed by atoms with Crippen LogP contribution in [0.2, 0.25) is 5.02 Å². The number of allylic oxidation sites excluding steroid dienone is 1. The van der Waals surface area contributed by atoms with E-state index in [-0.39, 0.29) is 34.0 Å². The van der Waals surface area contributed by atoms with Gasteiger partial charge in [0.05, 0.1) is 27.8 Å². The molecule has 1 aliphatic carbocycles. The van der Waals surface area contributed by atoms with Crippen LogP contribution in [0.5, 0.6) is 0 Å². The number of nitrogens with one attached hydrogen (secondary N) is 2. The lowest BCUT2D eigenvalue weighted by Crippen LogP contribution is -2.21. The van der Waals surface area contributed by atoms with Crippen molar-refractivity contribution in [2.75, 3.05) is 17.2 Å². The van der Waals surface area contributed by atoms with Crippen LogP contribution in [0.3, 0.4) is 0 Å². The zero-order valence-corrected chi connectivity index (χ0v) is 28.4. The Kier molecular flexibility index (Phi) is 11.8. The zero-order chi connectivity index (χ0) is 36.4. The summed E-state index contributed by atoms with van der Waals surface area (Å²) in [5.74, 6) is -7.93. The van der Waals surface area contributed by atoms with Gasteiger partial charge in [0.2, 0.25) is 5.91 Å². The average molecular weight is 750 g/mol. The Labute approximate surface area is 292 Å². The predicted molar refractivity (Wildman–Crippen MR) is 175 cm³/mol. The van der Waals surface area contributed by atoms with Crippen molar-refractivity contribution in [3.8, 4) is 0 Å². The van der Waals surface area contributed by atoms with Gasteiger partial charge >= 0.3 is 6.18 Å². The fraction of sp³-hybridized carbons (Fsp3) is 0.324. The molecule has 0 heterocycles. The van der Waals surface area contributed by atoms with Crippen LogP contribution in [0, 0.1) is 23.4 Å². The Hall–Kier alpha value is -3.58.